The van der Waals surface area contributed by atoms with Crippen molar-refractivity contribution in [3.05, 3.63) is 34.9 Å². The van der Waals surface area contributed by atoms with Gasteiger partial charge in [-0.25, -0.2) is 0 Å². The van der Waals surface area contributed by atoms with Crippen LogP contribution in [0.1, 0.15) is 12.5 Å². The van der Waals surface area contributed by atoms with Crippen molar-refractivity contribution in [2.24, 2.45) is 0 Å². The number of halogens is 1. The number of hydrogen-bond donors (Lipinski definition) is 1. The van der Waals surface area contributed by atoms with Gasteiger partial charge in [0.15, 0.2) is 0 Å². The van der Waals surface area contributed by atoms with Crippen LogP contribution in [0.3, 0.4) is 0 Å². The van der Waals surface area contributed by atoms with E-state index in [1.807, 2.05) is 23.9 Å². The molecule has 70 valence electrons. The zero-order valence-electron chi connectivity index (χ0n) is 7.51. The van der Waals surface area contributed by atoms with Crippen LogP contribution >= 0.6 is 23.4 Å². The summed E-state index contributed by atoms with van der Waals surface area (Å²) in [6, 6.07) is 8.08. The van der Waals surface area contributed by atoms with Crippen molar-refractivity contribution in [2.75, 3.05) is 12.3 Å². The van der Waals surface area contributed by atoms with Crippen LogP contribution in [-0.4, -0.2) is 12.3 Å². The second-order valence-electron chi connectivity index (χ2n) is 3.32. The van der Waals surface area contributed by atoms with Crippen LogP contribution in [0, 0.1) is 0 Å². The van der Waals surface area contributed by atoms with E-state index in [1.54, 1.807) is 0 Å². The maximum absolute atomic E-state index is 5.84. The Balaban J connectivity index is 2.29. The highest BCUT2D eigenvalue weighted by atomic mass is 35.5. The summed E-state index contributed by atoms with van der Waals surface area (Å²) in [5, 5.41) is 4.29. The molecule has 0 amide bonds. The lowest BCUT2D eigenvalue weighted by atomic mass is 10.1. The van der Waals surface area contributed by atoms with Gasteiger partial charge in [0, 0.05) is 17.3 Å². The third kappa shape index (κ3) is 1.85. The molecule has 0 spiro atoms. The average molecular weight is 214 g/mol. The number of benzene rings is 1. The van der Waals surface area contributed by atoms with Gasteiger partial charge in [0.2, 0.25) is 0 Å². The summed E-state index contributed by atoms with van der Waals surface area (Å²) in [6.45, 7) is 3.30. The summed E-state index contributed by atoms with van der Waals surface area (Å²) in [5.74, 6) is 1.18. The van der Waals surface area contributed by atoms with Gasteiger partial charge in [-0.15, -0.1) is 11.8 Å². The van der Waals surface area contributed by atoms with Gasteiger partial charge in [-0.05, 0) is 24.6 Å². The first-order chi connectivity index (χ1) is 6.21. The summed E-state index contributed by atoms with van der Waals surface area (Å²) in [7, 11) is 0. The van der Waals surface area contributed by atoms with Crippen LogP contribution in [0.25, 0.3) is 0 Å². The van der Waals surface area contributed by atoms with Crippen molar-refractivity contribution in [3.63, 3.8) is 0 Å². The lowest BCUT2D eigenvalue weighted by Gasteiger charge is -2.23. The van der Waals surface area contributed by atoms with E-state index in [0.717, 1.165) is 11.6 Å². The smallest absolute Gasteiger partial charge is 0.0873 e. The molecular formula is C10H12ClNS. The molecule has 0 aliphatic carbocycles. The molecule has 1 heterocycles. The zero-order chi connectivity index (χ0) is 9.31. The minimum Gasteiger partial charge on any atom is -0.298 e. The Morgan fingerprint density at radius 1 is 1.38 bits per heavy atom. The first-order valence-electron chi connectivity index (χ1n) is 4.36. The number of nitrogens with one attached hydrogen (secondary N) is 1. The Hall–Kier alpha value is -0.180. The molecule has 0 aromatic heterocycles. The molecule has 13 heavy (non-hydrogen) atoms. The van der Waals surface area contributed by atoms with E-state index in [4.69, 9.17) is 11.6 Å². The SMILES string of the molecule is CC1(c2ccc(Cl)cc2)NCCS1. The first kappa shape index (κ1) is 9.38. The molecule has 1 N–H and O–H groups in total. The highest BCUT2D eigenvalue weighted by molar-refractivity contribution is 8.00. The van der Waals surface area contributed by atoms with Gasteiger partial charge in [-0.3, -0.25) is 5.32 Å². The second-order valence-corrected chi connectivity index (χ2v) is 5.27. The molecule has 1 aliphatic heterocycles. The summed E-state index contributed by atoms with van der Waals surface area (Å²) >= 11 is 7.79. The topological polar surface area (TPSA) is 12.0 Å². The number of hydrogen-bond acceptors (Lipinski definition) is 2. The summed E-state index contributed by atoms with van der Waals surface area (Å²) < 4.78 is 0. The molecule has 3 heteroatoms. The van der Waals surface area contributed by atoms with E-state index in [-0.39, 0.29) is 4.87 Å². The molecule has 0 bridgehead atoms. The third-order valence-corrected chi connectivity index (χ3v) is 3.97. The maximum atomic E-state index is 5.84. The average Bonchev–Trinajstić information content (AvgIpc) is 2.54. The fraction of sp³-hybridized carbons (Fsp3) is 0.400. The van der Waals surface area contributed by atoms with Crippen molar-refractivity contribution < 1.29 is 0 Å². The van der Waals surface area contributed by atoms with Gasteiger partial charge in [0.25, 0.3) is 0 Å². The fourth-order valence-electron chi connectivity index (χ4n) is 1.55. The maximum Gasteiger partial charge on any atom is 0.0873 e. The predicted octanol–water partition coefficient (Wildman–Crippen LogP) is 2.85. The van der Waals surface area contributed by atoms with E-state index < -0.39 is 0 Å². The van der Waals surface area contributed by atoms with Gasteiger partial charge in [-0.2, -0.15) is 0 Å². The summed E-state index contributed by atoms with van der Waals surface area (Å²) in [6.07, 6.45) is 0. The van der Waals surface area contributed by atoms with Crippen LogP contribution in [0.2, 0.25) is 5.02 Å². The van der Waals surface area contributed by atoms with Gasteiger partial charge in [0.1, 0.15) is 0 Å². The van der Waals surface area contributed by atoms with Crippen molar-refractivity contribution >= 4 is 23.4 Å². The van der Waals surface area contributed by atoms with E-state index >= 15 is 0 Å². The molecule has 1 aromatic rings. The van der Waals surface area contributed by atoms with E-state index in [9.17, 15) is 0 Å². The Morgan fingerprint density at radius 3 is 2.62 bits per heavy atom. The number of thioether (sulfide) groups is 1. The lowest BCUT2D eigenvalue weighted by molar-refractivity contribution is 0.575. The highest BCUT2D eigenvalue weighted by Crippen LogP contribution is 2.36. The molecule has 1 saturated heterocycles. The standard InChI is InChI=1S/C10H12ClNS/c1-10(12-6-7-13-10)8-2-4-9(11)5-3-8/h2-5,12H,6-7H2,1H3. The van der Waals surface area contributed by atoms with Gasteiger partial charge < -0.3 is 0 Å². The predicted molar refractivity (Wildman–Crippen MR) is 59.3 cm³/mol. The Bertz CT molecular complexity index is 290. The number of rotatable bonds is 1. The molecule has 0 saturated carbocycles. The molecule has 2 rings (SSSR count). The second kappa shape index (κ2) is 3.52. The Labute approximate surface area is 87.9 Å². The van der Waals surface area contributed by atoms with Crippen LogP contribution in [0.15, 0.2) is 24.3 Å². The summed E-state index contributed by atoms with van der Waals surface area (Å²) in [4.78, 5) is 0.0879. The normalized spacial score (nSPS) is 27.8. The molecule has 0 radical (unpaired) electrons. The lowest BCUT2D eigenvalue weighted by Crippen LogP contribution is -2.30. The molecule has 1 aromatic carbocycles. The van der Waals surface area contributed by atoms with Crippen molar-refractivity contribution in [3.8, 4) is 0 Å². The van der Waals surface area contributed by atoms with Gasteiger partial charge >= 0.3 is 0 Å². The zero-order valence-corrected chi connectivity index (χ0v) is 9.08. The monoisotopic (exact) mass is 213 g/mol. The van der Waals surface area contributed by atoms with E-state index in [1.165, 1.54) is 11.3 Å². The van der Waals surface area contributed by atoms with Crippen LogP contribution in [0.5, 0.6) is 0 Å². The molecule has 1 unspecified atom stereocenters. The van der Waals surface area contributed by atoms with E-state index in [2.05, 4.69) is 24.4 Å². The van der Waals surface area contributed by atoms with Crippen LogP contribution in [-0.2, 0) is 4.87 Å². The summed E-state index contributed by atoms with van der Waals surface area (Å²) in [5.41, 5.74) is 1.31. The fourth-order valence-corrected chi connectivity index (χ4v) is 2.79. The minimum atomic E-state index is 0.0879. The van der Waals surface area contributed by atoms with Crippen LogP contribution < -0.4 is 5.32 Å². The minimum absolute atomic E-state index is 0.0879. The van der Waals surface area contributed by atoms with Crippen LogP contribution in [0.4, 0.5) is 0 Å². The van der Waals surface area contributed by atoms with Crippen molar-refractivity contribution in [1.82, 2.24) is 5.32 Å². The molecule has 1 aliphatic rings. The van der Waals surface area contributed by atoms with Crippen molar-refractivity contribution in [1.29, 1.82) is 0 Å². The Morgan fingerprint density at radius 2 is 2.08 bits per heavy atom. The van der Waals surface area contributed by atoms with Crippen molar-refractivity contribution in [2.45, 2.75) is 11.8 Å². The Kier molecular flexibility index (Phi) is 2.54. The highest BCUT2D eigenvalue weighted by Gasteiger charge is 2.30. The van der Waals surface area contributed by atoms with E-state index in [0.29, 0.717) is 0 Å². The molecule has 1 nitrogen and oxygen atoms in total. The largest absolute Gasteiger partial charge is 0.298 e. The third-order valence-electron chi connectivity index (χ3n) is 2.35. The molecular weight excluding hydrogens is 202 g/mol. The first-order valence-corrected chi connectivity index (χ1v) is 5.72. The van der Waals surface area contributed by atoms with Gasteiger partial charge in [-0.1, -0.05) is 23.7 Å². The quantitative estimate of drug-likeness (QED) is 0.770. The molecule has 1 atom stereocenters. The van der Waals surface area contributed by atoms with Gasteiger partial charge in [0.05, 0.1) is 4.87 Å². The molecule has 1 fully saturated rings.